The van der Waals surface area contributed by atoms with Gasteiger partial charge in [0.05, 0.1) is 6.67 Å². The Morgan fingerprint density at radius 1 is 0.526 bits per heavy atom. The van der Waals surface area contributed by atoms with E-state index in [1.165, 1.54) is 77.5 Å². The van der Waals surface area contributed by atoms with Crippen molar-refractivity contribution < 1.29 is 0 Å². The minimum atomic E-state index is 1.23. The Balaban J connectivity index is 4.16. The zero-order valence-corrected chi connectivity index (χ0v) is 14.0. The highest BCUT2D eigenvalue weighted by Crippen LogP contribution is 2.08. The largest absolute Gasteiger partial charge is 0.285 e. The van der Waals surface area contributed by atoms with Gasteiger partial charge in [0.15, 0.2) is 0 Å². The number of unbranched alkanes of at least 4 members (excludes halogenated alkanes) is 4. The topological polar surface area (TPSA) is 6.48 Å². The number of rotatable bonds is 14. The zero-order chi connectivity index (χ0) is 14.3. The highest BCUT2D eigenvalue weighted by atomic mass is 15.3. The molecule has 0 fully saturated rings. The van der Waals surface area contributed by atoms with Crippen LogP contribution in [0.3, 0.4) is 0 Å². The van der Waals surface area contributed by atoms with Crippen molar-refractivity contribution in [3.05, 3.63) is 6.67 Å². The maximum Gasteiger partial charge on any atom is 0.0921 e. The summed E-state index contributed by atoms with van der Waals surface area (Å²) in [4.78, 5) is 5.11. The first-order valence-corrected chi connectivity index (χ1v) is 8.61. The van der Waals surface area contributed by atoms with Crippen LogP contribution in [0, 0.1) is 6.67 Å². The van der Waals surface area contributed by atoms with Crippen LogP contribution in [0.4, 0.5) is 0 Å². The molecular weight excluding hydrogens is 232 g/mol. The molecule has 115 valence electrons. The minimum absolute atomic E-state index is 1.23. The van der Waals surface area contributed by atoms with E-state index in [1.807, 2.05) is 0 Å². The molecule has 0 heterocycles. The standard InChI is InChI=1S/C17H37N2/c1-5-9-13-18(14-10-6-2)17-19(15-11-7-3)16-12-8-4/h17H,5-16H2,1-4H3. The smallest absolute Gasteiger partial charge is 0.0921 e. The van der Waals surface area contributed by atoms with Gasteiger partial charge in [0, 0.05) is 0 Å². The third kappa shape index (κ3) is 11.4. The third-order valence-electron chi connectivity index (χ3n) is 3.52. The molecule has 1 radical (unpaired) electrons. The molecule has 0 N–H and O–H groups in total. The second-order valence-electron chi connectivity index (χ2n) is 5.60. The van der Waals surface area contributed by atoms with Crippen molar-refractivity contribution in [1.82, 2.24) is 9.80 Å². The van der Waals surface area contributed by atoms with Crippen LogP contribution in [0.5, 0.6) is 0 Å². The molecule has 0 bridgehead atoms. The first-order chi connectivity index (χ1) is 9.28. The van der Waals surface area contributed by atoms with E-state index < -0.39 is 0 Å². The molecular formula is C17H37N2. The van der Waals surface area contributed by atoms with Crippen molar-refractivity contribution in [3.8, 4) is 0 Å². The van der Waals surface area contributed by atoms with Crippen molar-refractivity contribution in [2.75, 3.05) is 26.2 Å². The fourth-order valence-corrected chi connectivity index (χ4v) is 2.13. The van der Waals surface area contributed by atoms with E-state index in [1.54, 1.807) is 0 Å². The van der Waals surface area contributed by atoms with Gasteiger partial charge in [0.2, 0.25) is 0 Å². The van der Waals surface area contributed by atoms with Gasteiger partial charge in [-0.25, -0.2) is 0 Å². The van der Waals surface area contributed by atoms with Gasteiger partial charge < -0.3 is 0 Å². The molecule has 0 aliphatic rings. The van der Waals surface area contributed by atoms with Gasteiger partial charge in [0.25, 0.3) is 0 Å². The summed E-state index contributed by atoms with van der Waals surface area (Å²) in [7, 11) is 0. The summed E-state index contributed by atoms with van der Waals surface area (Å²) in [6.07, 6.45) is 10.4. The van der Waals surface area contributed by atoms with E-state index in [9.17, 15) is 0 Å². The third-order valence-corrected chi connectivity index (χ3v) is 3.52. The van der Waals surface area contributed by atoms with Crippen molar-refractivity contribution in [2.45, 2.75) is 79.1 Å². The maximum absolute atomic E-state index is 2.55. The van der Waals surface area contributed by atoms with Crippen LogP contribution in [0.1, 0.15) is 79.1 Å². The molecule has 0 aromatic carbocycles. The predicted octanol–water partition coefficient (Wildman–Crippen LogP) is 4.91. The molecule has 0 aromatic heterocycles. The van der Waals surface area contributed by atoms with Gasteiger partial charge >= 0.3 is 0 Å². The van der Waals surface area contributed by atoms with E-state index in [0.717, 1.165) is 0 Å². The van der Waals surface area contributed by atoms with Crippen molar-refractivity contribution in [2.24, 2.45) is 0 Å². The Kier molecular flexibility index (Phi) is 14.3. The second kappa shape index (κ2) is 14.3. The average molecular weight is 269 g/mol. The highest BCUT2D eigenvalue weighted by Gasteiger charge is 2.11. The summed E-state index contributed by atoms with van der Waals surface area (Å²) in [6.45, 7) is 16.5. The normalized spacial score (nSPS) is 11.7. The van der Waals surface area contributed by atoms with E-state index >= 15 is 0 Å². The molecule has 0 amide bonds. The Morgan fingerprint density at radius 2 is 0.789 bits per heavy atom. The van der Waals surface area contributed by atoms with Gasteiger partial charge in [-0.3, -0.25) is 9.80 Å². The van der Waals surface area contributed by atoms with Crippen LogP contribution in [0.15, 0.2) is 0 Å². The van der Waals surface area contributed by atoms with Crippen LogP contribution in [-0.4, -0.2) is 36.0 Å². The van der Waals surface area contributed by atoms with Crippen LogP contribution >= 0.6 is 0 Å². The van der Waals surface area contributed by atoms with Gasteiger partial charge in [-0.05, 0) is 51.9 Å². The summed E-state index contributed by atoms with van der Waals surface area (Å²) in [5.74, 6) is 0. The SMILES string of the molecule is CCCCN([CH]N(CCCC)CCCC)CCCC. The molecule has 0 aromatic rings. The lowest BCUT2D eigenvalue weighted by Crippen LogP contribution is -2.35. The Bertz CT molecular complexity index is 137. The summed E-state index contributed by atoms with van der Waals surface area (Å²) >= 11 is 0. The molecule has 0 atom stereocenters. The predicted molar refractivity (Wildman–Crippen MR) is 87.1 cm³/mol. The number of hydrogen-bond acceptors (Lipinski definition) is 2. The maximum atomic E-state index is 2.55. The molecule has 0 rings (SSSR count). The zero-order valence-electron chi connectivity index (χ0n) is 14.0. The highest BCUT2D eigenvalue weighted by molar-refractivity contribution is 4.71. The summed E-state index contributed by atoms with van der Waals surface area (Å²) < 4.78 is 0. The number of nitrogens with zero attached hydrogens (tertiary/aromatic N) is 2. The minimum Gasteiger partial charge on any atom is -0.285 e. The van der Waals surface area contributed by atoms with E-state index in [0.29, 0.717) is 0 Å². The van der Waals surface area contributed by atoms with Crippen LogP contribution in [0.2, 0.25) is 0 Å². The Hall–Kier alpha value is -0.0800. The monoisotopic (exact) mass is 269 g/mol. The fraction of sp³-hybridized carbons (Fsp3) is 0.941. The number of hydrogen-bond donors (Lipinski definition) is 0. The van der Waals surface area contributed by atoms with Crippen molar-refractivity contribution in [1.29, 1.82) is 0 Å². The Labute approximate surface area is 122 Å². The summed E-state index contributed by atoms with van der Waals surface area (Å²) in [6, 6.07) is 0. The molecule has 2 heteroatoms. The quantitative estimate of drug-likeness (QED) is 0.442. The lowest BCUT2D eigenvalue weighted by atomic mass is 10.2. The average Bonchev–Trinajstić information content (AvgIpc) is 2.44. The van der Waals surface area contributed by atoms with Crippen LogP contribution < -0.4 is 0 Å². The molecule has 0 saturated carbocycles. The first-order valence-electron chi connectivity index (χ1n) is 8.61. The van der Waals surface area contributed by atoms with Crippen molar-refractivity contribution >= 4 is 0 Å². The first kappa shape index (κ1) is 18.9. The van der Waals surface area contributed by atoms with E-state index in [2.05, 4.69) is 44.2 Å². The van der Waals surface area contributed by atoms with E-state index in [4.69, 9.17) is 0 Å². The molecule has 0 spiro atoms. The molecule has 19 heavy (non-hydrogen) atoms. The van der Waals surface area contributed by atoms with Crippen LogP contribution in [0.25, 0.3) is 0 Å². The molecule has 0 saturated heterocycles. The lowest BCUT2D eigenvalue weighted by molar-refractivity contribution is 0.188. The van der Waals surface area contributed by atoms with Crippen molar-refractivity contribution in [3.63, 3.8) is 0 Å². The Morgan fingerprint density at radius 3 is 1.00 bits per heavy atom. The fourth-order valence-electron chi connectivity index (χ4n) is 2.13. The summed E-state index contributed by atoms with van der Waals surface area (Å²) in [5, 5.41) is 0. The van der Waals surface area contributed by atoms with Gasteiger partial charge in [-0.2, -0.15) is 0 Å². The molecule has 2 nitrogen and oxygen atoms in total. The van der Waals surface area contributed by atoms with Gasteiger partial charge in [0.1, 0.15) is 0 Å². The summed E-state index contributed by atoms with van der Waals surface area (Å²) in [5.41, 5.74) is 0. The molecule has 0 unspecified atom stereocenters. The molecule has 0 aliphatic heterocycles. The van der Waals surface area contributed by atoms with Gasteiger partial charge in [-0.15, -0.1) is 0 Å². The van der Waals surface area contributed by atoms with E-state index in [-0.39, 0.29) is 0 Å². The molecule has 0 aliphatic carbocycles. The second-order valence-corrected chi connectivity index (χ2v) is 5.60. The lowest BCUT2D eigenvalue weighted by Gasteiger charge is -2.29. The van der Waals surface area contributed by atoms with Crippen LogP contribution in [-0.2, 0) is 0 Å². The van der Waals surface area contributed by atoms with Gasteiger partial charge in [-0.1, -0.05) is 53.4 Å².